The Balaban J connectivity index is 0.915. The highest BCUT2D eigenvalue weighted by atomic mass is 16.5. The Morgan fingerprint density at radius 1 is 0.388 bits per heavy atom. The highest BCUT2D eigenvalue weighted by Crippen LogP contribution is 2.32. The molecule has 0 spiro atoms. The Bertz CT molecular complexity index is 4600. The zero-order valence-electron chi connectivity index (χ0n) is 60.2. The molecule has 4 heterocycles. The molecule has 0 fully saturated rings. The van der Waals surface area contributed by atoms with E-state index in [2.05, 4.69) is 47.4 Å². The van der Waals surface area contributed by atoms with E-state index in [1.54, 1.807) is 26.0 Å². The van der Waals surface area contributed by atoms with Crippen LogP contribution in [-0.2, 0) is 59.7 Å². The molecule has 0 aliphatic rings. The average Bonchev–Trinajstić information content (AvgIpc) is 1.60. The SMILES string of the molecule is CCCCCCCCOc1cccc2c(OCC(=O)N[C@@H](CCCNC(=O)[C@H](CCCNC(=O)[C@H](CC(C)C)NC(=O)Cn3c(=O)c4cc5c(=O)n(CCCCCCCC)c(=O)c5cc4c3=O)NC(=O)Cn3c(=O)c4cc5c(=O)n(CCCCCCCC)c(=O)c5cc4c3=O)C(=O)OC)cccc12. The number of carbonyl (C=O) groups excluding carboxylic acids is 6. The summed E-state index contributed by atoms with van der Waals surface area (Å²) >= 11 is 0. The van der Waals surface area contributed by atoms with E-state index in [0.29, 0.717) is 40.1 Å². The summed E-state index contributed by atoms with van der Waals surface area (Å²) in [5.74, 6) is -3.69. The van der Waals surface area contributed by atoms with Crippen LogP contribution in [0.3, 0.4) is 0 Å². The molecular formula is C77H99N9O17. The number of methoxy groups -OCH3 is 1. The Labute approximate surface area is 595 Å². The van der Waals surface area contributed by atoms with Crippen LogP contribution in [0.25, 0.3) is 53.9 Å². The molecule has 4 aromatic heterocycles. The van der Waals surface area contributed by atoms with Gasteiger partial charge in [0.2, 0.25) is 23.6 Å². The van der Waals surface area contributed by atoms with Gasteiger partial charge in [-0.25, -0.2) is 4.79 Å². The number of rotatable bonds is 45. The lowest BCUT2D eigenvalue weighted by molar-refractivity contribution is -0.145. The highest BCUT2D eigenvalue weighted by Gasteiger charge is 2.29. The molecule has 0 saturated carbocycles. The van der Waals surface area contributed by atoms with Crippen LogP contribution in [0, 0.1) is 5.92 Å². The smallest absolute Gasteiger partial charge is 0.328 e. The maximum absolute atomic E-state index is 14.2. The van der Waals surface area contributed by atoms with Gasteiger partial charge >= 0.3 is 5.97 Å². The fourth-order valence-corrected chi connectivity index (χ4v) is 13.3. The van der Waals surface area contributed by atoms with E-state index in [-0.39, 0.29) is 107 Å². The normalized spacial score (nSPS) is 12.5. The van der Waals surface area contributed by atoms with Crippen LogP contribution >= 0.6 is 0 Å². The van der Waals surface area contributed by atoms with E-state index in [1.807, 2.05) is 24.3 Å². The Hall–Kier alpha value is -9.88. The van der Waals surface area contributed by atoms with Crippen molar-refractivity contribution in [3.05, 3.63) is 143 Å². The lowest BCUT2D eigenvalue weighted by Crippen LogP contribution is -2.50. The standard InChI is InChI=1S/C77H99N9O17/c1-7-10-13-16-19-22-37-83-69(92)51-41-55-56(42-52(51)70(83)93)74(97)85(73(55)96)45-64(87)80-59(67(90)78-36-28-32-60(77(100)101-6)81-66(89)47-103-63-34-26-29-49-50(63)30-25-33-62(49)102-39-24-21-18-15-12-9-3)31-27-35-79-68(91)61(40-48(4)5)82-65(88)46-86-75(98)57-43-53-54(44-58(57)76(86)99)72(95)84(71(53)94)38-23-20-17-14-11-8-2/h25-26,29-30,33-34,41-44,48,59-61H,7-24,27-28,31-32,35-40,45-47H2,1-6H3,(H,78,90)(H,79,91)(H,80,87)(H,81,89)(H,82,88)/t59-,60-,61-/m0/s1. The van der Waals surface area contributed by atoms with Crippen LogP contribution in [0.15, 0.2) is 99.0 Å². The molecule has 103 heavy (non-hydrogen) atoms. The van der Waals surface area contributed by atoms with E-state index in [4.69, 9.17) is 14.2 Å². The van der Waals surface area contributed by atoms with Crippen molar-refractivity contribution >= 4 is 89.4 Å². The number of fused-ring (bicyclic) bond motifs is 5. The number of carbonyl (C=O) groups is 6. The van der Waals surface area contributed by atoms with Crippen LogP contribution in [0.2, 0.25) is 0 Å². The Morgan fingerprint density at radius 2 is 0.738 bits per heavy atom. The summed E-state index contributed by atoms with van der Waals surface area (Å²) in [5, 5.41) is 14.1. The molecule has 8 rings (SSSR count). The van der Waals surface area contributed by atoms with Gasteiger partial charge in [-0.3, -0.25) is 80.6 Å². The predicted molar refractivity (Wildman–Crippen MR) is 397 cm³/mol. The molecule has 554 valence electrons. The number of aromatic nitrogens is 4. The van der Waals surface area contributed by atoms with Gasteiger partial charge in [0.25, 0.3) is 50.4 Å². The monoisotopic (exact) mass is 1420 g/mol. The fourth-order valence-electron chi connectivity index (χ4n) is 13.3. The maximum atomic E-state index is 14.2. The van der Waals surface area contributed by atoms with Crippen molar-refractivity contribution in [2.45, 2.75) is 227 Å². The van der Waals surface area contributed by atoms with Crippen LogP contribution < -0.4 is 80.5 Å². The number of amides is 5. The summed E-state index contributed by atoms with van der Waals surface area (Å²) < 4.78 is 20.7. The average molecular weight is 1420 g/mol. The van der Waals surface area contributed by atoms with Gasteiger partial charge in [0.1, 0.15) is 42.7 Å². The van der Waals surface area contributed by atoms with E-state index in [0.717, 1.165) is 110 Å². The van der Waals surface area contributed by atoms with Crippen molar-refractivity contribution in [2.24, 2.45) is 5.92 Å². The number of benzene rings is 4. The van der Waals surface area contributed by atoms with Crippen LogP contribution in [-0.4, -0.2) is 105 Å². The third-order valence-corrected chi connectivity index (χ3v) is 18.9. The van der Waals surface area contributed by atoms with Gasteiger partial charge < -0.3 is 40.8 Å². The minimum absolute atomic E-state index is 0.00920. The van der Waals surface area contributed by atoms with Gasteiger partial charge in [-0.15, -0.1) is 0 Å². The van der Waals surface area contributed by atoms with Crippen LogP contribution in [0.4, 0.5) is 0 Å². The van der Waals surface area contributed by atoms with Crippen molar-refractivity contribution < 1.29 is 43.0 Å². The number of ether oxygens (including phenoxy) is 3. The van der Waals surface area contributed by atoms with E-state index in [9.17, 15) is 67.1 Å². The summed E-state index contributed by atoms with van der Waals surface area (Å²) in [6, 6.07) is 12.1. The first-order valence-electron chi connectivity index (χ1n) is 36.7. The topological polar surface area (TPSA) is 347 Å². The van der Waals surface area contributed by atoms with Crippen LogP contribution in [0.5, 0.6) is 11.5 Å². The number of unbranched alkanes of at least 4 members (excludes halogenated alkanes) is 15. The third-order valence-electron chi connectivity index (χ3n) is 18.9. The minimum atomic E-state index is -1.38. The Morgan fingerprint density at radius 3 is 1.15 bits per heavy atom. The number of esters is 1. The van der Waals surface area contributed by atoms with Crippen molar-refractivity contribution in [1.29, 1.82) is 0 Å². The summed E-state index contributed by atoms with van der Waals surface area (Å²) in [6.45, 7) is 8.55. The maximum Gasteiger partial charge on any atom is 0.328 e. The molecular weight excluding hydrogens is 1320 g/mol. The molecule has 0 radical (unpaired) electrons. The van der Waals surface area contributed by atoms with Gasteiger partial charge in [0.05, 0.1) is 56.8 Å². The third kappa shape index (κ3) is 20.3. The molecule has 26 nitrogen and oxygen atoms in total. The highest BCUT2D eigenvalue weighted by molar-refractivity contribution is 6.00. The minimum Gasteiger partial charge on any atom is -0.493 e. The molecule has 0 unspecified atom stereocenters. The van der Waals surface area contributed by atoms with Gasteiger partial charge in [0, 0.05) is 37.0 Å². The molecule has 0 aliphatic carbocycles. The van der Waals surface area contributed by atoms with Gasteiger partial charge in [-0.1, -0.05) is 155 Å². The summed E-state index contributed by atoms with van der Waals surface area (Å²) in [6.07, 6.45) is 17.9. The first-order chi connectivity index (χ1) is 49.6. The molecule has 0 saturated heterocycles. The largest absolute Gasteiger partial charge is 0.493 e. The van der Waals surface area contributed by atoms with E-state index in [1.165, 1.54) is 43.5 Å². The second-order valence-corrected chi connectivity index (χ2v) is 27.2. The second kappa shape index (κ2) is 38.4. The second-order valence-electron chi connectivity index (χ2n) is 27.2. The number of hydrogen-bond acceptors (Lipinski definition) is 17. The molecule has 4 aromatic carbocycles. The predicted octanol–water partition coefficient (Wildman–Crippen LogP) is 7.00. The lowest BCUT2D eigenvalue weighted by Gasteiger charge is -2.21. The first-order valence-corrected chi connectivity index (χ1v) is 36.7. The summed E-state index contributed by atoms with van der Waals surface area (Å²) in [4.78, 5) is 191. The molecule has 5 N–H and O–H groups in total. The summed E-state index contributed by atoms with van der Waals surface area (Å²) in [7, 11) is 1.16. The van der Waals surface area contributed by atoms with E-state index >= 15 is 0 Å². The van der Waals surface area contributed by atoms with Crippen molar-refractivity contribution in [3.63, 3.8) is 0 Å². The summed E-state index contributed by atoms with van der Waals surface area (Å²) in [5.41, 5.74) is -5.87. The van der Waals surface area contributed by atoms with Gasteiger partial charge in [-0.05, 0) is 93.7 Å². The fraction of sp³-hybridized carbons (Fsp3) is 0.532. The molecule has 8 aromatic rings. The molecule has 26 heteroatoms. The quantitative estimate of drug-likeness (QED) is 0.0189. The first kappa shape index (κ1) is 78.8. The van der Waals surface area contributed by atoms with Crippen molar-refractivity contribution in [1.82, 2.24) is 44.9 Å². The Kier molecular flexibility index (Phi) is 29.4. The molecule has 3 atom stereocenters. The lowest BCUT2D eigenvalue weighted by atomic mass is 10.0. The van der Waals surface area contributed by atoms with Gasteiger partial charge in [-0.2, -0.15) is 0 Å². The number of hydrogen-bond donors (Lipinski definition) is 5. The van der Waals surface area contributed by atoms with Crippen LogP contribution in [0.1, 0.15) is 182 Å². The number of nitrogens with zero attached hydrogens (tertiary/aromatic N) is 4. The molecule has 0 bridgehead atoms. The molecule has 0 aliphatic heterocycles. The zero-order chi connectivity index (χ0) is 74.3. The van der Waals surface area contributed by atoms with Gasteiger partial charge in [0.15, 0.2) is 6.61 Å². The van der Waals surface area contributed by atoms with E-state index < -0.39 is 118 Å². The van der Waals surface area contributed by atoms with Crippen molar-refractivity contribution in [2.75, 3.05) is 33.4 Å². The molecule has 5 amide bonds. The zero-order valence-corrected chi connectivity index (χ0v) is 60.2. The number of nitrogens with one attached hydrogen (secondary N) is 5. The van der Waals surface area contributed by atoms with Crippen molar-refractivity contribution in [3.8, 4) is 11.5 Å².